The number of aromatic nitrogens is 2. The molecular formula is C12H21N3O3S. The summed E-state index contributed by atoms with van der Waals surface area (Å²) >= 11 is 0. The molecule has 0 saturated carbocycles. The monoisotopic (exact) mass is 287 g/mol. The first-order valence-corrected chi connectivity index (χ1v) is 8.15. The molecule has 0 radical (unpaired) electrons. The van der Waals surface area contributed by atoms with Crippen LogP contribution in [0, 0.1) is 0 Å². The van der Waals surface area contributed by atoms with Crippen LogP contribution in [0.15, 0.2) is 6.20 Å². The Bertz CT molecular complexity index is 538. The molecule has 0 fully saturated rings. The number of ether oxygens (including phenoxy) is 1. The third-order valence-electron chi connectivity index (χ3n) is 3.54. The number of aryl methyl sites for hydroxylation is 1. The van der Waals surface area contributed by atoms with Crippen molar-refractivity contribution in [1.29, 1.82) is 0 Å². The first kappa shape index (κ1) is 14.5. The van der Waals surface area contributed by atoms with Crippen LogP contribution < -0.4 is 0 Å². The number of fused-ring (bicyclic) bond motifs is 1. The summed E-state index contributed by atoms with van der Waals surface area (Å²) in [7, 11) is -1.53. The van der Waals surface area contributed by atoms with E-state index in [1.54, 1.807) is 24.5 Å². The molecule has 2 heterocycles. The molecule has 1 aliphatic heterocycles. The highest BCUT2D eigenvalue weighted by molar-refractivity contribution is 7.89. The van der Waals surface area contributed by atoms with E-state index in [0.717, 1.165) is 17.8 Å². The maximum absolute atomic E-state index is 12.0. The average Bonchev–Trinajstić information content (AvgIpc) is 2.82. The number of hydrogen-bond donors (Lipinski definition) is 0. The lowest BCUT2D eigenvalue weighted by Gasteiger charge is -2.32. The Morgan fingerprint density at radius 3 is 2.79 bits per heavy atom. The maximum atomic E-state index is 12.0. The highest BCUT2D eigenvalue weighted by atomic mass is 32.2. The largest absolute Gasteiger partial charge is 0.384 e. The van der Waals surface area contributed by atoms with Gasteiger partial charge in [0.05, 0.1) is 18.6 Å². The zero-order chi connectivity index (χ0) is 14.0. The van der Waals surface area contributed by atoms with Gasteiger partial charge in [-0.3, -0.25) is 4.68 Å². The molecule has 0 N–H and O–H groups in total. The lowest BCUT2D eigenvalue weighted by Crippen LogP contribution is -2.40. The Labute approximate surface area is 114 Å². The molecule has 108 valence electrons. The predicted molar refractivity (Wildman–Crippen MR) is 72.4 cm³/mol. The van der Waals surface area contributed by atoms with E-state index in [-0.39, 0.29) is 11.7 Å². The number of hydrogen-bond acceptors (Lipinski definition) is 4. The van der Waals surface area contributed by atoms with Gasteiger partial charge in [0, 0.05) is 43.9 Å². The van der Waals surface area contributed by atoms with E-state index in [1.807, 2.05) is 11.6 Å². The fourth-order valence-corrected chi connectivity index (χ4v) is 3.70. The number of rotatable bonds is 5. The summed E-state index contributed by atoms with van der Waals surface area (Å²) in [6, 6.07) is 0. The Hall–Kier alpha value is -0.920. The minimum Gasteiger partial charge on any atom is -0.384 e. The second-order valence-corrected chi connectivity index (χ2v) is 6.97. The minimum atomic E-state index is -3.17. The van der Waals surface area contributed by atoms with Crippen molar-refractivity contribution >= 4 is 10.0 Å². The quantitative estimate of drug-likeness (QED) is 0.803. The van der Waals surface area contributed by atoms with E-state index in [4.69, 9.17) is 4.74 Å². The van der Waals surface area contributed by atoms with Gasteiger partial charge in [-0.2, -0.15) is 9.40 Å². The summed E-state index contributed by atoms with van der Waals surface area (Å²) in [6.07, 6.45) is 1.78. The van der Waals surface area contributed by atoms with E-state index < -0.39 is 10.0 Å². The van der Waals surface area contributed by atoms with Crippen LogP contribution in [0.5, 0.6) is 0 Å². The molecule has 1 aromatic rings. The smallest absolute Gasteiger partial charge is 0.214 e. The van der Waals surface area contributed by atoms with Gasteiger partial charge in [-0.05, 0) is 13.8 Å². The molecule has 0 spiro atoms. The molecule has 0 aliphatic carbocycles. The van der Waals surface area contributed by atoms with Crippen molar-refractivity contribution in [2.24, 2.45) is 0 Å². The van der Waals surface area contributed by atoms with Gasteiger partial charge in [0.2, 0.25) is 10.0 Å². The zero-order valence-electron chi connectivity index (χ0n) is 11.7. The summed E-state index contributed by atoms with van der Waals surface area (Å²) in [4.78, 5) is 0. The van der Waals surface area contributed by atoms with Crippen LogP contribution in [-0.4, -0.2) is 48.5 Å². The van der Waals surface area contributed by atoms with E-state index in [0.29, 0.717) is 19.7 Å². The zero-order valence-corrected chi connectivity index (χ0v) is 12.5. The minimum absolute atomic E-state index is 0.0533. The highest BCUT2D eigenvalue weighted by Gasteiger charge is 2.33. The van der Waals surface area contributed by atoms with Crippen LogP contribution in [0.1, 0.15) is 31.0 Å². The number of nitrogens with zero attached hydrogens (tertiary/aromatic N) is 3. The lowest BCUT2D eigenvalue weighted by molar-refractivity contribution is 0.159. The summed E-state index contributed by atoms with van der Waals surface area (Å²) in [5.74, 6) is 0.182. The molecule has 1 aromatic heterocycles. The lowest BCUT2D eigenvalue weighted by atomic mass is 9.98. The molecule has 2 rings (SSSR count). The molecule has 0 unspecified atom stereocenters. The average molecular weight is 287 g/mol. The third kappa shape index (κ3) is 2.68. The van der Waals surface area contributed by atoms with Gasteiger partial charge in [-0.15, -0.1) is 0 Å². The molecular weight excluding hydrogens is 266 g/mol. The van der Waals surface area contributed by atoms with Gasteiger partial charge in [-0.1, -0.05) is 0 Å². The Morgan fingerprint density at radius 1 is 1.47 bits per heavy atom. The van der Waals surface area contributed by atoms with Crippen molar-refractivity contribution in [2.45, 2.75) is 32.9 Å². The van der Waals surface area contributed by atoms with E-state index in [1.165, 1.54) is 0 Å². The highest BCUT2D eigenvalue weighted by Crippen LogP contribution is 2.30. The molecule has 19 heavy (non-hydrogen) atoms. The van der Waals surface area contributed by atoms with E-state index >= 15 is 0 Å². The van der Waals surface area contributed by atoms with Gasteiger partial charge in [-0.25, -0.2) is 8.42 Å². The van der Waals surface area contributed by atoms with Crippen LogP contribution in [0.25, 0.3) is 0 Å². The molecule has 0 amide bonds. The van der Waals surface area contributed by atoms with Crippen molar-refractivity contribution in [1.82, 2.24) is 14.1 Å². The summed E-state index contributed by atoms with van der Waals surface area (Å²) in [6.45, 7) is 5.90. The van der Waals surface area contributed by atoms with E-state index in [9.17, 15) is 8.42 Å². The normalized spacial score (nSPS) is 20.5. The summed E-state index contributed by atoms with van der Waals surface area (Å²) in [5, 5.41) is 4.33. The third-order valence-corrected chi connectivity index (χ3v) is 5.34. The molecule has 1 atom stereocenters. The first-order chi connectivity index (χ1) is 9.03. The standard InChI is InChI=1S/C12H21N3O3S/c1-4-15-12-10(6-13-15)7-14(19(16,17)5-2)8-11(12)9-18-3/h6,11H,4-5,7-9H2,1-3H3/t11-/m1/s1. The topological polar surface area (TPSA) is 64.4 Å². The van der Waals surface area contributed by atoms with Crippen LogP contribution in [-0.2, 0) is 27.8 Å². The molecule has 7 heteroatoms. The van der Waals surface area contributed by atoms with Crippen molar-refractivity contribution in [3.63, 3.8) is 0 Å². The van der Waals surface area contributed by atoms with Crippen molar-refractivity contribution in [3.05, 3.63) is 17.5 Å². The van der Waals surface area contributed by atoms with Gasteiger partial charge < -0.3 is 4.74 Å². The van der Waals surface area contributed by atoms with Crippen LogP contribution in [0.2, 0.25) is 0 Å². The Morgan fingerprint density at radius 2 is 2.21 bits per heavy atom. The van der Waals surface area contributed by atoms with Gasteiger partial charge in [0.1, 0.15) is 0 Å². The second-order valence-electron chi connectivity index (χ2n) is 4.72. The summed E-state index contributed by atoms with van der Waals surface area (Å²) < 4.78 is 32.8. The van der Waals surface area contributed by atoms with Crippen molar-refractivity contribution < 1.29 is 13.2 Å². The van der Waals surface area contributed by atoms with Gasteiger partial charge in [0.15, 0.2) is 0 Å². The Kier molecular flexibility index (Phi) is 4.27. The second kappa shape index (κ2) is 5.60. The molecule has 6 nitrogen and oxygen atoms in total. The predicted octanol–water partition coefficient (Wildman–Crippen LogP) is 0.798. The van der Waals surface area contributed by atoms with Crippen LogP contribution in [0.3, 0.4) is 0 Å². The number of sulfonamides is 1. The number of methoxy groups -OCH3 is 1. The molecule has 0 aromatic carbocycles. The molecule has 0 saturated heterocycles. The molecule has 1 aliphatic rings. The SMILES string of the molecule is CCn1ncc2c1[C@@H](COC)CN(S(=O)(=O)CC)C2. The Balaban J connectivity index is 2.37. The fraction of sp³-hybridized carbons (Fsp3) is 0.750. The van der Waals surface area contributed by atoms with Gasteiger partial charge >= 0.3 is 0 Å². The first-order valence-electron chi connectivity index (χ1n) is 6.54. The maximum Gasteiger partial charge on any atom is 0.214 e. The van der Waals surface area contributed by atoms with Crippen LogP contribution >= 0.6 is 0 Å². The van der Waals surface area contributed by atoms with Crippen molar-refractivity contribution in [2.75, 3.05) is 26.0 Å². The van der Waals surface area contributed by atoms with Crippen molar-refractivity contribution in [3.8, 4) is 0 Å². The summed E-state index contributed by atoms with van der Waals surface area (Å²) in [5.41, 5.74) is 2.11. The van der Waals surface area contributed by atoms with E-state index in [2.05, 4.69) is 5.10 Å². The fourth-order valence-electron chi connectivity index (χ4n) is 2.59. The van der Waals surface area contributed by atoms with Gasteiger partial charge in [0.25, 0.3) is 0 Å². The molecule has 0 bridgehead atoms. The van der Waals surface area contributed by atoms with Crippen LogP contribution in [0.4, 0.5) is 0 Å².